The Bertz CT molecular complexity index is 2120. The molecule has 0 fully saturated rings. The first-order valence-electron chi connectivity index (χ1n) is 11.7. The Morgan fingerprint density at radius 1 is 0.371 bits per heavy atom. The number of hydrogen-bond acceptors (Lipinski definition) is 3. The van der Waals surface area contributed by atoms with E-state index in [0.29, 0.717) is 16.5 Å². The van der Waals surface area contributed by atoms with Crippen LogP contribution in [0, 0.1) is 0 Å². The van der Waals surface area contributed by atoms with Gasteiger partial charge in [-0.05, 0) is 82.2 Å². The maximum atomic E-state index is 12.5. The third kappa shape index (κ3) is 1.89. The molecule has 0 N–H and O–H groups in total. The van der Waals surface area contributed by atoms with Crippen LogP contribution in [-0.4, -0.2) is 11.9 Å². The van der Waals surface area contributed by atoms with Crippen LogP contribution in [-0.2, 0) is 4.74 Å². The zero-order valence-electron chi connectivity index (χ0n) is 18.3. The van der Waals surface area contributed by atoms with Gasteiger partial charge in [-0.3, -0.25) is 0 Å². The van der Waals surface area contributed by atoms with E-state index in [1.54, 1.807) is 12.1 Å². The fraction of sp³-hybridized carbons (Fsp3) is 0. The molecule has 0 amide bonds. The third-order valence-corrected chi connectivity index (χ3v) is 8.01. The lowest BCUT2D eigenvalue weighted by molar-refractivity contribution is 0.0391. The maximum absolute atomic E-state index is 12.5. The summed E-state index contributed by atoms with van der Waals surface area (Å²) in [5.41, 5.74) is 0.907. The normalized spacial score (nSPS) is 14.1. The van der Waals surface area contributed by atoms with Gasteiger partial charge in [-0.15, -0.1) is 0 Å². The van der Waals surface area contributed by atoms with E-state index in [1.165, 1.54) is 43.1 Å². The van der Waals surface area contributed by atoms with Crippen molar-refractivity contribution < 1.29 is 14.3 Å². The van der Waals surface area contributed by atoms with Crippen LogP contribution in [0.5, 0.6) is 0 Å². The number of hydrogen-bond donors (Lipinski definition) is 0. The Labute approximate surface area is 197 Å². The molecule has 0 radical (unpaired) electrons. The molecule has 1 heterocycles. The average molecular weight is 446 g/mol. The van der Waals surface area contributed by atoms with Gasteiger partial charge in [0.15, 0.2) is 0 Å². The van der Waals surface area contributed by atoms with Crippen LogP contribution in [0.4, 0.5) is 0 Å². The summed E-state index contributed by atoms with van der Waals surface area (Å²) in [6.07, 6.45) is 0. The molecular formula is C32H14O3. The molecule has 0 aliphatic carbocycles. The lowest BCUT2D eigenvalue weighted by Gasteiger charge is -2.22. The molecule has 1 aliphatic heterocycles. The summed E-state index contributed by atoms with van der Waals surface area (Å²) >= 11 is 0. The van der Waals surface area contributed by atoms with Crippen LogP contribution in [0.1, 0.15) is 20.7 Å². The molecule has 160 valence electrons. The monoisotopic (exact) mass is 446 g/mol. The van der Waals surface area contributed by atoms with Crippen molar-refractivity contribution in [2.75, 3.05) is 0 Å². The minimum atomic E-state index is -0.577. The molecule has 0 saturated carbocycles. The van der Waals surface area contributed by atoms with Crippen LogP contribution in [0.2, 0.25) is 0 Å². The molecule has 1 aliphatic rings. The standard InChI is InChI=1S/C32H14O3/c33-31-24-13-11-22-20-9-7-18-16-5-1-3-15-4-2-6-17(26(15)16)19-8-10-21(28(20)27(18)19)23-12-14-25(32(34)35-31)30(24)29(22)23/h1-14H. The van der Waals surface area contributed by atoms with Crippen LogP contribution in [0.15, 0.2) is 84.9 Å². The van der Waals surface area contributed by atoms with E-state index >= 15 is 0 Å². The summed E-state index contributed by atoms with van der Waals surface area (Å²) < 4.78 is 5.00. The number of fused-ring (bicyclic) bond motifs is 4. The molecule has 0 aromatic heterocycles. The molecule has 0 spiro atoms. The summed E-state index contributed by atoms with van der Waals surface area (Å²) in [7, 11) is 0. The molecule has 0 bridgehead atoms. The van der Waals surface area contributed by atoms with Gasteiger partial charge in [-0.25, -0.2) is 9.59 Å². The Morgan fingerprint density at radius 2 is 0.743 bits per heavy atom. The highest BCUT2D eigenvalue weighted by molar-refractivity contribution is 6.43. The van der Waals surface area contributed by atoms with Gasteiger partial charge < -0.3 is 4.74 Å². The summed E-state index contributed by atoms with van der Waals surface area (Å²) in [5, 5.41) is 16.1. The van der Waals surface area contributed by atoms with Gasteiger partial charge in [-0.2, -0.15) is 0 Å². The second-order valence-electron chi connectivity index (χ2n) is 9.53. The first kappa shape index (κ1) is 17.7. The predicted molar refractivity (Wildman–Crippen MR) is 141 cm³/mol. The van der Waals surface area contributed by atoms with Gasteiger partial charge in [0.05, 0.1) is 11.1 Å². The number of cyclic esters (lactones) is 2. The Hall–Kier alpha value is -4.76. The Kier molecular flexibility index (Phi) is 2.85. The highest BCUT2D eigenvalue weighted by Gasteiger charge is 2.29. The lowest BCUT2D eigenvalue weighted by atomic mass is 9.82. The van der Waals surface area contributed by atoms with E-state index in [0.717, 1.165) is 26.9 Å². The molecular weight excluding hydrogens is 432 g/mol. The zero-order valence-corrected chi connectivity index (χ0v) is 18.3. The van der Waals surface area contributed by atoms with E-state index in [1.807, 2.05) is 12.1 Å². The summed E-state index contributed by atoms with van der Waals surface area (Å²) in [6, 6.07) is 29.6. The van der Waals surface area contributed by atoms with Gasteiger partial charge in [0.1, 0.15) is 0 Å². The summed E-state index contributed by atoms with van der Waals surface area (Å²) in [4.78, 5) is 25.1. The highest BCUT2D eigenvalue weighted by Crippen LogP contribution is 2.48. The molecule has 3 heteroatoms. The van der Waals surface area contributed by atoms with E-state index in [-0.39, 0.29) is 0 Å². The zero-order chi connectivity index (χ0) is 23.0. The number of ether oxygens (including phenoxy) is 1. The molecule has 3 nitrogen and oxygen atoms in total. The molecule has 9 rings (SSSR count). The average Bonchev–Trinajstić information content (AvgIpc) is 2.89. The molecule has 0 unspecified atom stereocenters. The van der Waals surface area contributed by atoms with Crippen LogP contribution < -0.4 is 0 Å². The number of benzene rings is 8. The van der Waals surface area contributed by atoms with Crippen LogP contribution in [0.25, 0.3) is 75.4 Å². The number of carbonyl (C=O) groups is 2. The van der Waals surface area contributed by atoms with Crippen molar-refractivity contribution in [1.82, 2.24) is 0 Å². The van der Waals surface area contributed by atoms with Crippen molar-refractivity contribution in [3.8, 4) is 0 Å². The predicted octanol–water partition coefficient (Wildman–Crippen LogP) is 7.95. The topological polar surface area (TPSA) is 43.4 Å². The fourth-order valence-electron chi connectivity index (χ4n) is 6.66. The van der Waals surface area contributed by atoms with Crippen molar-refractivity contribution in [2.45, 2.75) is 0 Å². The van der Waals surface area contributed by atoms with Gasteiger partial charge >= 0.3 is 11.9 Å². The highest BCUT2D eigenvalue weighted by atomic mass is 16.6. The molecule has 8 aromatic rings. The molecule has 8 aromatic carbocycles. The van der Waals surface area contributed by atoms with Crippen molar-refractivity contribution in [3.05, 3.63) is 96.1 Å². The Morgan fingerprint density at radius 3 is 1.20 bits per heavy atom. The van der Waals surface area contributed by atoms with Crippen molar-refractivity contribution >= 4 is 87.3 Å². The molecule has 35 heavy (non-hydrogen) atoms. The van der Waals surface area contributed by atoms with Gasteiger partial charge in [0.2, 0.25) is 0 Å². The number of rotatable bonds is 0. The van der Waals surface area contributed by atoms with Crippen molar-refractivity contribution in [1.29, 1.82) is 0 Å². The van der Waals surface area contributed by atoms with Crippen LogP contribution in [0.3, 0.4) is 0 Å². The number of carbonyl (C=O) groups excluding carboxylic acids is 2. The molecule has 0 saturated heterocycles. The van der Waals surface area contributed by atoms with Gasteiger partial charge in [0, 0.05) is 5.39 Å². The third-order valence-electron chi connectivity index (χ3n) is 8.01. The second-order valence-corrected chi connectivity index (χ2v) is 9.53. The fourth-order valence-corrected chi connectivity index (χ4v) is 6.66. The second kappa shape index (κ2) is 5.65. The van der Waals surface area contributed by atoms with Gasteiger partial charge in [0.25, 0.3) is 0 Å². The molecule has 0 atom stereocenters. The maximum Gasteiger partial charge on any atom is 0.346 e. The quantitative estimate of drug-likeness (QED) is 0.103. The van der Waals surface area contributed by atoms with Gasteiger partial charge in [-0.1, -0.05) is 72.8 Å². The largest absolute Gasteiger partial charge is 0.386 e. The smallest absolute Gasteiger partial charge is 0.346 e. The van der Waals surface area contributed by atoms with Crippen molar-refractivity contribution in [2.24, 2.45) is 0 Å². The Balaban J connectivity index is 1.62. The summed E-state index contributed by atoms with van der Waals surface area (Å²) in [6.45, 7) is 0. The lowest BCUT2D eigenvalue weighted by Crippen LogP contribution is -2.19. The van der Waals surface area contributed by atoms with E-state index in [4.69, 9.17) is 4.74 Å². The minimum Gasteiger partial charge on any atom is -0.386 e. The first-order chi connectivity index (χ1) is 17.2. The SMILES string of the molecule is O=C1OC(=O)c2ccc3c4ccc5c6cccc7cccc(c8ccc(c9ccc1c2c93)c4c85)c76. The first-order valence-corrected chi connectivity index (χ1v) is 11.7. The van der Waals surface area contributed by atoms with E-state index in [2.05, 4.69) is 60.7 Å². The van der Waals surface area contributed by atoms with E-state index in [9.17, 15) is 9.59 Å². The number of esters is 2. The van der Waals surface area contributed by atoms with E-state index < -0.39 is 11.9 Å². The summed E-state index contributed by atoms with van der Waals surface area (Å²) in [5.74, 6) is -1.15. The minimum absolute atomic E-state index is 0.454. The van der Waals surface area contributed by atoms with Crippen LogP contribution >= 0.6 is 0 Å². The van der Waals surface area contributed by atoms with Crippen molar-refractivity contribution in [3.63, 3.8) is 0 Å².